The van der Waals surface area contributed by atoms with Gasteiger partial charge in [0.15, 0.2) is 6.23 Å². The molecule has 14 heteroatoms. The third kappa shape index (κ3) is 3.74. The molecule has 13 nitrogen and oxygen atoms in total. The molecule has 0 radical (unpaired) electrons. The van der Waals surface area contributed by atoms with Crippen molar-refractivity contribution in [2.45, 2.75) is 24.5 Å². The molecule has 3 rings (SSSR count). The molecule has 1 saturated heterocycles. The number of aromatic amines is 1. The van der Waals surface area contributed by atoms with Crippen LogP contribution in [0, 0.1) is 0 Å². The largest absolute Gasteiger partial charge is 0.490 e. The van der Waals surface area contributed by atoms with Gasteiger partial charge in [-0.1, -0.05) is 0 Å². The van der Waals surface area contributed by atoms with E-state index < -0.39 is 50.1 Å². The average molecular weight is 404 g/mol. The predicted octanol–water partition coefficient (Wildman–Crippen LogP) is -1.97. The number of ether oxygens (including phenoxy) is 2. The highest BCUT2D eigenvalue weighted by molar-refractivity contribution is 7.51. The van der Waals surface area contributed by atoms with Gasteiger partial charge in [-0.25, -0.2) is 18.7 Å². The summed E-state index contributed by atoms with van der Waals surface area (Å²) in [5.41, 5.74) is -1.67. The zero-order chi connectivity index (χ0) is 19.8. The molecular formula is C13H17N4O9P. The number of methoxy groups -OCH3 is 1. The van der Waals surface area contributed by atoms with Crippen LogP contribution in [0.2, 0.25) is 0 Å². The molecule has 1 unspecified atom stereocenters. The van der Waals surface area contributed by atoms with E-state index in [1.165, 1.54) is 19.5 Å². The topological polar surface area (TPSA) is 178 Å². The normalized spacial score (nSPS) is 27.4. The molecule has 0 saturated carbocycles. The number of hydrogen-bond donors (Lipinski definition) is 4. The van der Waals surface area contributed by atoms with Crippen molar-refractivity contribution in [2.24, 2.45) is 0 Å². The zero-order valence-corrected chi connectivity index (χ0v) is 14.8. The molecule has 1 aliphatic rings. The average Bonchev–Trinajstić information content (AvgIpc) is 3.25. The summed E-state index contributed by atoms with van der Waals surface area (Å²) in [6.45, 7) is -0.560. The lowest BCUT2D eigenvalue weighted by Crippen LogP contribution is -2.38. The first kappa shape index (κ1) is 19.5. The maximum absolute atomic E-state index is 12.1. The van der Waals surface area contributed by atoms with Gasteiger partial charge in [0.1, 0.15) is 24.6 Å². The first-order valence-electron chi connectivity index (χ1n) is 7.62. The van der Waals surface area contributed by atoms with Crippen LogP contribution in [0.1, 0.15) is 6.23 Å². The minimum absolute atomic E-state index is 0.209. The first-order valence-corrected chi connectivity index (χ1v) is 9.15. The van der Waals surface area contributed by atoms with Crippen LogP contribution in [0.4, 0.5) is 0 Å². The van der Waals surface area contributed by atoms with Crippen LogP contribution in [0.15, 0.2) is 34.5 Å². The van der Waals surface area contributed by atoms with E-state index >= 15 is 0 Å². The number of hydrogen-bond acceptors (Lipinski definition) is 9. The summed E-state index contributed by atoms with van der Waals surface area (Å²) in [6.07, 6.45) is -1.10. The van der Waals surface area contributed by atoms with Crippen LogP contribution in [0.25, 0.3) is 0 Å². The Bertz CT molecular complexity index is 955. The fraction of sp³-hybridized carbons (Fsp3) is 0.462. The fourth-order valence-electron chi connectivity index (χ4n) is 2.54. The van der Waals surface area contributed by atoms with Gasteiger partial charge in [0, 0.05) is 12.4 Å². The molecule has 4 N–H and O–H groups in total. The van der Waals surface area contributed by atoms with Crippen LogP contribution in [-0.4, -0.2) is 66.0 Å². The Kier molecular flexibility index (Phi) is 5.33. The molecule has 1 aliphatic heterocycles. The van der Waals surface area contributed by atoms with Crippen molar-refractivity contribution < 1.29 is 33.7 Å². The highest BCUT2D eigenvalue weighted by atomic mass is 31.2. The van der Waals surface area contributed by atoms with Crippen molar-refractivity contribution in [3.63, 3.8) is 0 Å². The van der Waals surface area contributed by atoms with Gasteiger partial charge in [-0.2, -0.15) is 0 Å². The third-order valence-electron chi connectivity index (χ3n) is 3.96. The van der Waals surface area contributed by atoms with Crippen molar-refractivity contribution in [3.05, 3.63) is 45.8 Å². The highest BCUT2D eigenvalue weighted by Crippen LogP contribution is 2.44. The molecular weight excluding hydrogens is 387 g/mol. The second-order valence-electron chi connectivity index (χ2n) is 5.64. The van der Waals surface area contributed by atoms with E-state index in [0.717, 1.165) is 21.4 Å². The first-order chi connectivity index (χ1) is 12.7. The van der Waals surface area contributed by atoms with E-state index in [1.807, 2.05) is 4.98 Å². The lowest BCUT2D eigenvalue weighted by atomic mass is 10.1. The molecule has 2 aromatic rings. The molecule has 3 heterocycles. The van der Waals surface area contributed by atoms with Crippen LogP contribution in [0.5, 0.6) is 5.75 Å². The summed E-state index contributed by atoms with van der Waals surface area (Å²) in [4.78, 5) is 39.0. The number of aliphatic hydroxyl groups is 2. The molecule has 148 valence electrons. The smallest absolute Gasteiger partial charge is 0.437 e. The van der Waals surface area contributed by atoms with E-state index in [2.05, 4.69) is 4.98 Å². The van der Waals surface area contributed by atoms with Crippen LogP contribution in [0.3, 0.4) is 0 Å². The summed E-state index contributed by atoms with van der Waals surface area (Å²) in [5, 5.41) is 20.3. The van der Waals surface area contributed by atoms with Crippen LogP contribution < -0.4 is 16.0 Å². The molecule has 0 spiro atoms. The SMILES string of the molecule is COc1cn([C@@H]2O[C@H](COP(=O)(O)n3ccnc3)[C@@H](O)[C@H]2O)c(=O)[nH]c1=O. The second-order valence-corrected chi connectivity index (χ2v) is 7.34. The minimum atomic E-state index is -4.27. The maximum Gasteiger partial charge on any atom is 0.437 e. The van der Waals surface area contributed by atoms with Crippen molar-refractivity contribution >= 4 is 7.75 Å². The Morgan fingerprint density at radius 3 is 2.74 bits per heavy atom. The summed E-state index contributed by atoms with van der Waals surface area (Å²) in [6, 6.07) is 0. The summed E-state index contributed by atoms with van der Waals surface area (Å²) >= 11 is 0. The number of nitrogens with one attached hydrogen (secondary N) is 1. The molecule has 27 heavy (non-hydrogen) atoms. The van der Waals surface area contributed by atoms with E-state index in [0.29, 0.717) is 0 Å². The Morgan fingerprint density at radius 1 is 1.37 bits per heavy atom. The van der Waals surface area contributed by atoms with Crippen LogP contribution in [-0.2, 0) is 13.8 Å². The number of nitrogens with zero attached hydrogens (tertiary/aromatic N) is 3. The number of aromatic nitrogens is 4. The third-order valence-corrected chi connectivity index (χ3v) is 5.26. The molecule has 5 atom stereocenters. The van der Waals surface area contributed by atoms with E-state index in [9.17, 15) is 29.3 Å². The number of aliphatic hydroxyl groups excluding tert-OH is 2. The lowest BCUT2D eigenvalue weighted by molar-refractivity contribution is -0.0530. The maximum atomic E-state index is 12.1. The van der Waals surface area contributed by atoms with Gasteiger partial charge in [-0.15, -0.1) is 0 Å². The van der Waals surface area contributed by atoms with Gasteiger partial charge in [0.05, 0.1) is 19.9 Å². The molecule has 2 aromatic heterocycles. The minimum Gasteiger partial charge on any atom is -0.490 e. The van der Waals surface area contributed by atoms with Gasteiger partial charge < -0.3 is 24.6 Å². The van der Waals surface area contributed by atoms with Crippen molar-refractivity contribution in [1.29, 1.82) is 0 Å². The summed E-state index contributed by atoms with van der Waals surface area (Å²) in [5.74, 6) is -0.209. The Morgan fingerprint density at radius 2 is 2.11 bits per heavy atom. The Balaban J connectivity index is 1.77. The highest BCUT2D eigenvalue weighted by Gasteiger charge is 2.45. The number of H-pyrrole nitrogens is 1. The van der Waals surface area contributed by atoms with Gasteiger partial charge in [0.25, 0.3) is 5.56 Å². The van der Waals surface area contributed by atoms with E-state index in [1.54, 1.807) is 0 Å². The zero-order valence-electron chi connectivity index (χ0n) is 13.9. The quantitative estimate of drug-likeness (QED) is 0.395. The van der Waals surface area contributed by atoms with Crippen molar-refractivity contribution in [1.82, 2.24) is 18.9 Å². The van der Waals surface area contributed by atoms with Gasteiger partial charge in [-0.3, -0.25) is 18.9 Å². The lowest BCUT2D eigenvalue weighted by Gasteiger charge is -2.18. The fourth-order valence-corrected chi connectivity index (χ4v) is 3.43. The molecule has 0 amide bonds. The monoisotopic (exact) mass is 404 g/mol. The molecule has 1 fully saturated rings. The second kappa shape index (κ2) is 7.38. The van der Waals surface area contributed by atoms with Crippen LogP contribution >= 0.6 is 7.75 Å². The summed E-state index contributed by atoms with van der Waals surface area (Å²) in [7, 11) is -3.06. The van der Waals surface area contributed by atoms with Gasteiger partial charge in [-0.05, 0) is 0 Å². The molecule has 0 aliphatic carbocycles. The van der Waals surface area contributed by atoms with Crippen molar-refractivity contribution in [3.8, 4) is 5.75 Å². The molecule has 0 aromatic carbocycles. The standard InChI is InChI=1S/C13H17N4O9P/c1-24-7-4-17(13(21)15-11(7)20)12-10(19)9(18)8(26-12)5-25-27(22,23)16-3-2-14-6-16/h2-4,6,8-10,12,18-19H,5H2,1H3,(H,22,23)(H,15,20,21)/t8-,9-,10-,12-/m1/s1. The number of imidazole rings is 1. The van der Waals surface area contributed by atoms with Gasteiger partial charge in [0.2, 0.25) is 5.75 Å². The van der Waals surface area contributed by atoms with E-state index in [4.69, 9.17) is 14.0 Å². The van der Waals surface area contributed by atoms with E-state index in [-0.39, 0.29) is 5.75 Å². The predicted molar refractivity (Wildman–Crippen MR) is 87.2 cm³/mol. The Labute approximate surface area is 151 Å². The van der Waals surface area contributed by atoms with Crippen molar-refractivity contribution in [2.75, 3.05) is 13.7 Å². The molecule has 0 bridgehead atoms. The number of rotatable bonds is 6. The van der Waals surface area contributed by atoms with Gasteiger partial charge >= 0.3 is 13.4 Å². The summed E-state index contributed by atoms with van der Waals surface area (Å²) < 4.78 is 28.9. The Hall–Kier alpha value is -2.28.